The normalized spacial score (nSPS) is 11.5. The minimum absolute atomic E-state index is 0.185. The van der Waals surface area contributed by atoms with Crippen LogP contribution in [0, 0.1) is 6.92 Å². The summed E-state index contributed by atoms with van der Waals surface area (Å²) in [5, 5.41) is 0.356. The molecule has 3 rings (SSSR count). The molecule has 0 aliphatic rings. The van der Waals surface area contributed by atoms with E-state index < -0.39 is 10.0 Å². The van der Waals surface area contributed by atoms with E-state index in [1.807, 2.05) is 24.3 Å². The molecule has 22 heavy (non-hydrogen) atoms. The van der Waals surface area contributed by atoms with Crippen LogP contribution in [0.1, 0.15) is 5.56 Å². The molecule has 0 aliphatic carbocycles. The summed E-state index contributed by atoms with van der Waals surface area (Å²) in [5.74, 6) is 0.652. The molecular weight excluding hydrogens is 320 g/mol. The van der Waals surface area contributed by atoms with Crippen molar-refractivity contribution in [3.8, 4) is 5.75 Å². The summed E-state index contributed by atoms with van der Waals surface area (Å²) in [6, 6.07) is 12.3. The van der Waals surface area contributed by atoms with Crippen molar-refractivity contribution in [2.75, 3.05) is 11.8 Å². The van der Waals surface area contributed by atoms with Gasteiger partial charge < -0.3 is 4.74 Å². The van der Waals surface area contributed by atoms with Crippen LogP contribution in [-0.4, -0.2) is 20.5 Å². The van der Waals surface area contributed by atoms with Gasteiger partial charge >= 0.3 is 0 Å². The van der Waals surface area contributed by atoms with E-state index in [2.05, 4.69) is 9.71 Å². The Bertz CT molecular complexity index is 900. The predicted octanol–water partition coefficient (Wildman–Crippen LogP) is 3.41. The SMILES string of the molecule is COc1ccc(S(=O)(=O)Nc2nc3ccccc3s2)cc1C. The smallest absolute Gasteiger partial charge is 0.263 e. The third-order valence-corrected chi connectivity index (χ3v) is 5.61. The number of thiazole rings is 1. The van der Waals surface area contributed by atoms with Crippen molar-refractivity contribution in [2.24, 2.45) is 0 Å². The summed E-state index contributed by atoms with van der Waals surface area (Å²) < 4.78 is 33.5. The first-order valence-corrected chi connectivity index (χ1v) is 8.82. The molecule has 3 aromatic rings. The number of aryl methyl sites for hydroxylation is 1. The van der Waals surface area contributed by atoms with Crippen molar-refractivity contribution >= 4 is 36.7 Å². The van der Waals surface area contributed by atoms with Crippen LogP contribution in [0.15, 0.2) is 47.4 Å². The van der Waals surface area contributed by atoms with Crippen molar-refractivity contribution in [1.82, 2.24) is 4.98 Å². The van der Waals surface area contributed by atoms with Crippen molar-refractivity contribution in [2.45, 2.75) is 11.8 Å². The van der Waals surface area contributed by atoms with E-state index >= 15 is 0 Å². The number of benzene rings is 2. The zero-order chi connectivity index (χ0) is 15.7. The Morgan fingerprint density at radius 2 is 1.95 bits per heavy atom. The average Bonchev–Trinajstić information content (AvgIpc) is 2.88. The van der Waals surface area contributed by atoms with Crippen LogP contribution >= 0.6 is 11.3 Å². The number of nitrogens with zero attached hydrogens (tertiary/aromatic N) is 1. The third-order valence-electron chi connectivity index (χ3n) is 3.19. The van der Waals surface area contributed by atoms with E-state index in [0.717, 1.165) is 15.8 Å². The second-order valence-corrected chi connectivity index (χ2v) is 7.44. The molecule has 0 atom stereocenters. The van der Waals surface area contributed by atoms with Crippen molar-refractivity contribution in [3.63, 3.8) is 0 Å². The Morgan fingerprint density at radius 1 is 1.18 bits per heavy atom. The number of rotatable bonds is 4. The summed E-state index contributed by atoms with van der Waals surface area (Å²) in [4.78, 5) is 4.47. The highest BCUT2D eigenvalue weighted by Gasteiger charge is 2.17. The molecule has 0 radical (unpaired) electrons. The molecule has 1 N–H and O–H groups in total. The Labute approximate surface area is 132 Å². The molecule has 7 heteroatoms. The summed E-state index contributed by atoms with van der Waals surface area (Å²) in [6.07, 6.45) is 0. The van der Waals surface area contributed by atoms with Gasteiger partial charge in [0.25, 0.3) is 10.0 Å². The number of hydrogen-bond acceptors (Lipinski definition) is 5. The summed E-state index contributed by atoms with van der Waals surface area (Å²) >= 11 is 1.30. The maximum Gasteiger partial charge on any atom is 0.263 e. The Hall–Kier alpha value is -2.12. The molecule has 5 nitrogen and oxygen atoms in total. The van der Waals surface area contributed by atoms with Gasteiger partial charge in [-0.1, -0.05) is 23.5 Å². The Kier molecular flexibility index (Phi) is 3.76. The lowest BCUT2D eigenvalue weighted by Crippen LogP contribution is -2.13. The summed E-state index contributed by atoms with van der Waals surface area (Å²) in [6.45, 7) is 1.80. The fraction of sp³-hybridized carbons (Fsp3) is 0.133. The van der Waals surface area contributed by atoms with E-state index in [0.29, 0.717) is 10.9 Å². The van der Waals surface area contributed by atoms with Crippen LogP contribution in [0.2, 0.25) is 0 Å². The molecule has 2 aromatic carbocycles. The average molecular weight is 334 g/mol. The van der Waals surface area contributed by atoms with Gasteiger partial charge in [0.15, 0.2) is 5.13 Å². The fourth-order valence-corrected chi connectivity index (χ4v) is 4.29. The minimum Gasteiger partial charge on any atom is -0.496 e. The molecule has 0 amide bonds. The number of anilines is 1. The highest BCUT2D eigenvalue weighted by molar-refractivity contribution is 7.93. The summed E-state index contributed by atoms with van der Waals surface area (Å²) in [5.41, 5.74) is 1.53. The topological polar surface area (TPSA) is 68.3 Å². The molecule has 0 aliphatic heterocycles. The first kappa shape index (κ1) is 14.8. The van der Waals surface area contributed by atoms with Crippen molar-refractivity contribution < 1.29 is 13.2 Å². The van der Waals surface area contributed by atoms with E-state index in [1.54, 1.807) is 26.2 Å². The monoisotopic (exact) mass is 334 g/mol. The fourth-order valence-electron chi connectivity index (χ4n) is 2.11. The van der Waals surface area contributed by atoms with Gasteiger partial charge in [-0.05, 0) is 42.8 Å². The van der Waals surface area contributed by atoms with Gasteiger partial charge in [0.2, 0.25) is 0 Å². The molecule has 0 saturated carbocycles. The number of aromatic nitrogens is 1. The number of hydrogen-bond donors (Lipinski definition) is 1. The van der Waals surface area contributed by atoms with Crippen LogP contribution in [0.5, 0.6) is 5.75 Å². The quantitative estimate of drug-likeness (QED) is 0.794. The van der Waals surface area contributed by atoms with Gasteiger partial charge in [0, 0.05) is 0 Å². The number of methoxy groups -OCH3 is 1. The molecular formula is C15H14N2O3S2. The second-order valence-electron chi connectivity index (χ2n) is 4.72. The lowest BCUT2D eigenvalue weighted by molar-refractivity contribution is 0.411. The number of nitrogens with one attached hydrogen (secondary N) is 1. The zero-order valence-electron chi connectivity index (χ0n) is 12.0. The molecule has 0 fully saturated rings. The van der Waals surface area contributed by atoms with Crippen LogP contribution in [-0.2, 0) is 10.0 Å². The molecule has 1 heterocycles. The van der Waals surface area contributed by atoms with Gasteiger partial charge in [-0.3, -0.25) is 4.72 Å². The number of para-hydroxylation sites is 1. The minimum atomic E-state index is -3.67. The Morgan fingerprint density at radius 3 is 2.64 bits per heavy atom. The highest BCUT2D eigenvalue weighted by Crippen LogP contribution is 2.28. The van der Waals surface area contributed by atoms with Crippen molar-refractivity contribution in [1.29, 1.82) is 0 Å². The third kappa shape index (κ3) is 2.77. The first-order chi connectivity index (χ1) is 10.5. The van der Waals surface area contributed by atoms with Crippen LogP contribution in [0.3, 0.4) is 0 Å². The molecule has 0 spiro atoms. The highest BCUT2D eigenvalue weighted by atomic mass is 32.2. The number of fused-ring (bicyclic) bond motifs is 1. The van der Waals surface area contributed by atoms with Crippen LogP contribution in [0.4, 0.5) is 5.13 Å². The lowest BCUT2D eigenvalue weighted by Gasteiger charge is -2.08. The van der Waals surface area contributed by atoms with E-state index in [9.17, 15) is 8.42 Å². The van der Waals surface area contributed by atoms with E-state index in [-0.39, 0.29) is 4.90 Å². The van der Waals surface area contributed by atoms with E-state index in [1.165, 1.54) is 17.4 Å². The van der Waals surface area contributed by atoms with E-state index in [4.69, 9.17) is 4.74 Å². The molecule has 0 saturated heterocycles. The Balaban J connectivity index is 1.94. The molecule has 0 unspecified atom stereocenters. The van der Waals surface area contributed by atoms with Crippen LogP contribution in [0.25, 0.3) is 10.2 Å². The van der Waals surface area contributed by atoms with Gasteiger partial charge in [-0.25, -0.2) is 13.4 Å². The molecule has 114 valence electrons. The largest absolute Gasteiger partial charge is 0.496 e. The van der Waals surface area contributed by atoms with Crippen LogP contribution < -0.4 is 9.46 Å². The van der Waals surface area contributed by atoms with Gasteiger partial charge in [-0.15, -0.1) is 0 Å². The maximum atomic E-state index is 12.4. The number of ether oxygens (including phenoxy) is 1. The summed E-state index contributed by atoms with van der Waals surface area (Å²) in [7, 11) is -2.11. The predicted molar refractivity (Wildman–Crippen MR) is 88.2 cm³/mol. The molecule has 1 aromatic heterocycles. The first-order valence-electron chi connectivity index (χ1n) is 6.52. The molecule has 0 bridgehead atoms. The second kappa shape index (κ2) is 5.58. The zero-order valence-corrected chi connectivity index (χ0v) is 13.7. The lowest BCUT2D eigenvalue weighted by atomic mass is 10.2. The standard InChI is InChI=1S/C15H14N2O3S2/c1-10-9-11(7-8-13(10)20-2)22(18,19)17-15-16-12-5-3-4-6-14(12)21-15/h3-9H,1-2H3,(H,16,17). The maximum absolute atomic E-state index is 12.4. The van der Waals surface area contributed by atoms with Gasteiger partial charge in [0.1, 0.15) is 5.75 Å². The van der Waals surface area contributed by atoms with Gasteiger partial charge in [0.05, 0.1) is 22.2 Å². The van der Waals surface area contributed by atoms with Gasteiger partial charge in [-0.2, -0.15) is 0 Å². The van der Waals surface area contributed by atoms with Crippen molar-refractivity contribution in [3.05, 3.63) is 48.0 Å². The number of sulfonamides is 1.